The zero-order valence-corrected chi connectivity index (χ0v) is 12.5. The molecule has 1 aliphatic carbocycles. The first-order valence-electron chi connectivity index (χ1n) is 7.37. The maximum Gasteiger partial charge on any atom is 0.279 e. The predicted molar refractivity (Wildman–Crippen MR) is 74.8 cm³/mol. The number of nitrogens with one attached hydrogen (secondary N) is 1. The molecule has 2 fully saturated rings. The molecule has 6 heteroatoms. The van der Waals surface area contributed by atoms with E-state index in [-0.39, 0.29) is 12.5 Å². The summed E-state index contributed by atoms with van der Waals surface area (Å²) in [6, 6.07) is 0. The molecule has 0 aromatic rings. The fraction of sp³-hybridized carbons (Fsp3) is 1.00. The van der Waals surface area contributed by atoms with Crippen LogP contribution in [0.3, 0.4) is 0 Å². The minimum atomic E-state index is -3.36. The fourth-order valence-electron chi connectivity index (χ4n) is 3.22. The van der Waals surface area contributed by atoms with Crippen molar-refractivity contribution in [1.29, 1.82) is 0 Å². The highest BCUT2D eigenvalue weighted by atomic mass is 32.2. The summed E-state index contributed by atoms with van der Waals surface area (Å²) in [4.78, 5) is 0. The average molecular weight is 290 g/mol. The normalized spacial score (nSPS) is 33.7. The first-order chi connectivity index (χ1) is 9.01. The van der Waals surface area contributed by atoms with Crippen LogP contribution in [-0.2, 0) is 10.2 Å². The van der Waals surface area contributed by atoms with E-state index in [4.69, 9.17) is 5.11 Å². The number of nitrogens with zero attached hydrogens (tertiary/aromatic N) is 1. The van der Waals surface area contributed by atoms with E-state index < -0.39 is 10.2 Å². The molecule has 0 bridgehead atoms. The molecule has 112 valence electrons. The van der Waals surface area contributed by atoms with E-state index in [1.54, 1.807) is 0 Å². The van der Waals surface area contributed by atoms with E-state index in [0.29, 0.717) is 25.6 Å². The molecule has 0 radical (unpaired) electrons. The highest BCUT2D eigenvalue weighted by Gasteiger charge is 2.29. The monoisotopic (exact) mass is 290 g/mol. The lowest BCUT2D eigenvalue weighted by molar-refractivity contribution is 0.164. The van der Waals surface area contributed by atoms with Crippen molar-refractivity contribution in [2.45, 2.75) is 39.0 Å². The second-order valence-corrected chi connectivity index (χ2v) is 7.94. The molecule has 0 aromatic heterocycles. The van der Waals surface area contributed by atoms with Crippen molar-refractivity contribution >= 4 is 10.2 Å². The Kier molecular flexibility index (Phi) is 5.22. The highest BCUT2D eigenvalue weighted by molar-refractivity contribution is 7.87. The quantitative estimate of drug-likeness (QED) is 0.792. The number of piperidine rings is 1. The summed E-state index contributed by atoms with van der Waals surface area (Å²) in [5, 5.41) is 9.16. The maximum atomic E-state index is 12.2. The maximum absolute atomic E-state index is 12.2. The smallest absolute Gasteiger partial charge is 0.279 e. The van der Waals surface area contributed by atoms with Crippen LogP contribution in [0.15, 0.2) is 0 Å². The first kappa shape index (κ1) is 15.2. The van der Waals surface area contributed by atoms with Crippen LogP contribution < -0.4 is 4.72 Å². The van der Waals surface area contributed by atoms with Gasteiger partial charge in [-0.2, -0.15) is 12.7 Å². The van der Waals surface area contributed by atoms with E-state index in [1.807, 2.05) is 0 Å². The summed E-state index contributed by atoms with van der Waals surface area (Å²) in [5.41, 5.74) is 0. The Labute approximate surface area is 116 Å². The Morgan fingerprint density at radius 1 is 1.26 bits per heavy atom. The van der Waals surface area contributed by atoms with Gasteiger partial charge in [0.1, 0.15) is 0 Å². The number of rotatable bonds is 5. The van der Waals surface area contributed by atoms with Gasteiger partial charge in [-0.3, -0.25) is 0 Å². The topological polar surface area (TPSA) is 69.6 Å². The van der Waals surface area contributed by atoms with Crippen molar-refractivity contribution in [2.75, 3.05) is 26.2 Å². The molecule has 3 atom stereocenters. The van der Waals surface area contributed by atoms with Crippen molar-refractivity contribution in [1.82, 2.24) is 9.03 Å². The van der Waals surface area contributed by atoms with Crippen molar-refractivity contribution in [3.05, 3.63) is 0 Å². The number of aliphatic hydroxyl groups excluding tert-OH is 1. The number of hydrogen-bond acceptors (Lipinski definition) is 3. The molecule has 1 saturated heterocycles. The molecule has 0 aromatic carbocycles. The highest BCUT2D eigenvalue weighted by Crippen LogP contribution is 2.29. The Balaban J connectivity index is 1.83. The van der Waals surface area contributed by atoms with Crippen LogP contribution in [0.5, 0.6) is 0 Å². The van der Waals surface area contributed by atoms with E-state index in [9.17, 15) is 8.42 Å². The lowest BCUT2D eigenvalue weighted by atomic mass is 10.0. The largest absolute Gasteiger partial charge is 0.396 e. The summed E-state index contributed by atoms with van der Waals surface area (Å²) in [7, 11) is -3.36. The molecule has 2 aliphatic rings. The van der Waals surface area contributed by atoms with Crippen LogP contribution in [0.1, 0.15) is 39.0 Å². The molecule has 1 heterocycles. The zero-order valence-electron chi connectivity index (χ0n) is 11.7. The summed E-state index contributed by atoms with van der Waals surface area (Å²) in [6.45, 7) is 3.89. The summed E-state index contributed by atoms with van der Waals surface area (Å²) in [5.74, 6) is 1.31. The lowest BCUT2D eigenvalue weighted by Gasteiger charge is -2.31. The van der Waals surface area contributed by atoms with Gasteiger partial charge in [0.25, 0.3) is 10.2 Å². The van der Waals surface area contributed by atoms with Gasteiger partial charge in [-0.1, -0.05) is 13.3 Å². The Bertz CT molecular complexity index is 385. The Morgan fingerprint density at radius 2 is 2.05 bits per heavy atom. The van der Waals surface area contributed by atoms with Gasteiger partial charge in [0.05, 0.1) is 0 Å². The Morgan fingerprint density at radius 3 is 2.68 bits per heavy atom. The second-order valence-electron chi connectivity index (χ2n) is 6.19. The number of aliphatic hydroxyl groups is 1. The summed E-state index contributed by atoms with van der Waals surface area (Å²) in [6.07, 6.45) is 5.22. The van der Waals surface area contributed by atoms with E-state index in [0.717, 1.165) is 31.6 Å². The minimum absolute atomic E-state index is 0.0756. The van der Waals surface area contributed by atoms with E-state index >= 15 is 0 Å². The standard InChI is InChI=1S/C13H26N2O3S/c1-11-4-5-12(7-11)8-14-19(17,18)15-6-2-3-13(9-15)10-16/h11-14,16H,2-10H2,1H3. The zero-order chi connectivity index (χ0) is 13.9. The molecule has 0 spiro atoms. The third-order valence-electron chi connectivity index (χ3n) is 4.44. The average Bonchev–Trinajstić information content (AvgIpc) is 2.82. The van der Waals surface area contributed by atoms with Gasteiger partial charge in [0.15, 0.2) is 0 Å². The van der Waals surface area contributed by atoms with Gasteiger partial charge in [-0.25, -0.2) is 4.72 Å². The fourth-order valence-corrected chi connectivity index (χ4v) is 4.62. The molecule has 2 rings (SSSR count). The summed E-state index contributed by atoms with van der Waals surface area (Å²) >= 11 is 0. The lowest BCUT2D eigenvalue weighted by Crippen LogP contribution is -2.47. The SMILES string of the molecule is CC1CCC(CNS(=O)(=O)N2CCCC(CO)C2)C1. The van der Waals surface area contributed by atoms with Gasteiger partial charge in [0.2, 0.25) is 0 Å². The number of hydrogen-bond donors (Lipinski definition) is 2. The molecule has 2 N–H and O–H groups in total. The van der Waals surface area contributed by atoms with Crippen molar-refractivity contribution in [3.63, 3.8) is 0 Å². The van der Waals surface area contributed by atoms with Crippen LogP contribution in [-0.4, -0.2) is 44.1 Å². The second kappa shape index (κ2) is 6.52. The van der Waals surface area contributed by atoms with Gasteiger partial charge in [0, 0.05) is 26.2 Å². The molecule has 3 unspecified atom stereocenters. The third-order valence-corrected chi connectivity index (χ3v) is 5.98. The summed E-state index contributed by atoms with van der Waals surface area (Å²) < 4.78 is 28.7. The van der Waals surface area contributed by atoms with Gasteiger partial charge in [-0.05, 0) is 43.4 Å². The first-order valence-corrected chi connectivity index (χ1v) is 8.81. The van der Waals surface area contributed by atoms with Gasteiger partial charge < -0.3 is 5.11 Å². The van der Waals surface area contributed by atoms with Crippen LogP contribution in [0.25, 0.3) is 0 Å². The van der Waals surface area contributed by atoms with E-state index in [2.05, 4.69) is 11.6 Å². The van der Waals surface area contributed by atoms with Crippen molar-refractivity contribution in [2.24, 2.45) is 17.8 Å². The van der Waals surface area contributed by atoms with Crippen LogP contribution in [0, 0.1) is 17.8 Å². The van der Waals surface area contributed by atoms with Crippen LogP contribution in [0.2, 0.25) is 0 Å². The van der Waals surface area contributed by atoms with Crippen LogP contribution >= 0.6 is 0 Å². The molecule has 1 saturated carbocycles. The minimum Gasteiger partial charge on any atom is -0.396 e. The van der Waals surface area contributed by atoms with Crippen molar-refractivity contribution in [3.8, 4) is 0 Å². The molecule has 5 nitrogen and oxygen atoms in total. The van der Waals surface area contributed by atoms with E-state index in [1.165, 1.54) is 10.7 Å². The third kappa shape index (κ3) is 4.15. The molecule has 19 heavy (non-hydrogen) atoms. The van der Waals surface area contributed by atoms with Crippen molar-refractivity contribution < 1.29 is 13.5 Å². The van der Waals surface area contributed by atoms with Gasteiger partial charge in [-0.15, -0.1) is 0 Å². The van der Waals surface area contributed by atoms with Gasteiger partial charge >= 0.3 is 0 Å². The Hall–Kier alpha value is -0.170. The molecular weight excluding hydrogens is 264 g/mol. The molecule has 0 amide bonds. The predicted octanol–water partition coefficient (Wildman–Crippen LogP) is 0.961. The van der Waals surface area contributed by atoms with Crippen LogP contribution in [0.4, 0.5) is 0 Å². The molecule has 1 aliphatic heterocycles. The molecular formula is C13H26N2O3S.